The smallest absolute Gasteiger partial charge is 0.371 e. The highest BCUT2D eigenvalue weighted by Crippen LogP contribution is 2.55. The maximum absolute atomic E-state index is 12.2. The molecule has 3 unspecified atom stereocenters. The highest BCUT2D eigenvalue weighted by atomic mass is 19.4. The number of alkyl halides is 3. The van der Waals surface area contributed by atoms with Gasteiger partial charge in [-0.1, -0.05) is 13.3 Å². The van der Waals surface area contributed by atoms with Crippen molar-refractivity contribution < 1.29 is 17.9 Å². The van der Waals surface area contributed by atoms with Gasteiger partial charge in [-0.05, 0) is 44.1 Å². The summed E-state index contributed by atoms with van der Waals surface area (Å²) in [5.74, 6) is 1.26. The Hall–Kier alpha value is -0.290. The van der Waals surface area contributed by atoms with Crippen LogP contribution in [0.25, 0.3) is 0 Å². The number of fused-ring (bicyclic) bond motifs is 2. The number of hydrogen-bond acceptors (Lipinski definition) is 2. The van der Waals surface area contributed by atoms with E-state index in [2.05, 4.69) is 12.2 Å². The van der Waals surface area contributed by atoms with Crippen LogP contribution >= 0.6 is 0 Å². The molecule has 0 spiro atoms. The summed E-state index contributed by atoms with van der Waals surface area (Å²) in [6, 6.07) is 0. The topological polar surface area (TPSA) is 21.3 Å². The minimum Gasteiger partial charge on any atom is -0.371 e. The Kier molecular flexibility index (Phi) is 4.77. The van der Waals surface area contributed by atoms with E-state index >= 15 is 0 Å². The van der Waals surface area contributed by atoms with Crippen LogP contribution in [-0.4, -0.2) is 32.5 Å². The standard InChI is InChI=1S/C14H24F3NO/c1-2-5-18-8-13(9-19-10-14(15,16)17)7-11-3-4-12(13)6-11/h11-12,18H,2-10H2,1H3. The van der Waals surface area contributed by atoms with Gasteiger partial charge in [0.1, 0.15) is 6.61 Å². The molecule has 0 radical (unpaired) electrons. The molecule has 0 aromatic rings. The Morgan fingerprint density at radius 1 is 1.32 bits per heavy atom. The first-order chi connectivity index (χ1) is 8.95. The van der Waals surface area contributed by atoms with Crippen molar-refractivity contribution >= 4 is 0 Å². The molecule has 2 aliphatic carbocycles. The lowest BCUT2D eigenvalue weighted by molar-refractivity contribution is -0.183. The van der Waals surface area contributed by atoms with Crippen molar-refractivity contribution in [2.45, 2.75) is 45.2 Å². The van der Waals surface area contributed by atoms with E-state index < -0.39 is 12.8 Å². The molecule has 1 N–H and O–H groups in total. The van der Waals surface area contributed by atoms with Crippen LogP contribution in [0.4, 0.5) is 13.2 Å². The summed E-state index contributed by atoms with van der Waals surface area (Å²) in [5, 5.41) is 3.39. The summed E-state index contributed by atoms with van der Waals surface area (Å²) in [5.41, 5.74) is -0.0522. The average molecular weight is 279 g/mol. The highest BCUT2D eigenvalue weighted by molar-refractivity contribution is 5.01. The fourth-order valence-corrected chi connectivity index (χ4v) is 3.89. The first-order valence-electron chi connectivity index (χ1n) is 7.30. The number of halogens is 3. The number of hydrogen-bond donors (Lipinski definition) is 1. The monoisotopic (exact) mass is 279 g/mol. The van der Waals surface area contributed by atoms with Crippen LogP contribution in [0.5, 0.6) is 0 Å². The average Bonchev–Trinajstić information content (AvgIpc) is 2.88. The summed E-state index contributed by atoms with van der Waals surface area (Å²) in [4.78, 5) is 0. The molecule has 2 nitrogen and oxygen atoms in total. The van der Waals surface area contributed by atoms with Gasteiger partial charge in [-0.3, -0.25) is 0 Å². The van der Waals surface area contributed by atoms with Crippen LogP contribution in [0.2, 0.25) is 0 Å². The van der Waals surface area contributed by atoms with Gasteiger partial charge in [-0.2, -0.15) is 13.2 Å². The van der Waals surface area contributed by atoms with Gasteiger partial charge in [0.05, 0.1) is 6.61 Å². The molecule has 0 aromatic carbocycles. The fraction of sp³-hybridized carbons (Fsp3) is 1.00. The van der Waals surface area contributed by atoms with Crippen molar-refractivity contribution in [1.82, 2.24) is 5.32 Å². The third-order valence-corrected chi connectivity index (χ3v) is 4.66. The molecule has 0 saturated heterocycles. The second-order valence-corrected chi connectivity index (χ2v) is 6.23. The van der Waals surface area contributed by atoms with Crippen molar-refractivity contribution in [3.8, 4) is 0 Å². The second-order valence-electron chi connectivity index (χ2n) is 6.23. The highest BCUT2D eigenvalue weighted by Gasteiger charge is 2.50. The zero-order chi connectivity index (χ0) is 13.9. The normalized spacial score (nSPS) is 34.1. The zero-order valence-corrected chi connectivity index (χ0v) is 11.6. The van der Waals surface area contributed by atoms with Gasteiger partial charge in [0, 0.05) is 12.0 Å². The maximum atomic E-state index is 12.2. The predicted octanol–water partition coefficient (Wildman–Crippen LogP) is 3.37. The molecule has 19 heavy (non-hydrogen) atoms. The van der Waals surface area contributed by atoms with Crippen molar-refractivity contribution in [3.05, 3.63) is 0 Å². The van der Waals surface area contributed by atoms with E-state index in [1.807, 2.05) is 0 Å². The van der Waals surface area contributed by atoms with Crippen molar-refractivity contribution in [2.24, 2.45) is 17.3 Å². The summed E-state index contributed by atoms with van der Waals surface area (Å²) in [6.07, 6.45) is 1.46. The maximum Gasteiger partial charge on any atom is 0.411 e. The Labute approximate surface area is 113 Å². The van der Waals surface area contributed by atoms with Crippen molar-refractivity contribution in [2.75, 3.05) is 26.3 Å². The zero-order valence-electron chi connectivity index (χ0n) is 11.6. The molecule has 2 bridgehead atoms. The SMILES string of the molecule is CCCNCC1(COCC(F)(F)F)CC2CCC1C2. The molecular weight excluding hydrogens is 255 g/mol. The molecular formula is C14H24F3NO. The molecule has 2 aliphatic rings. The Balaban J connectivity index is 1.88. The molecule has 0 aliphatic heterocycles. The lowest BCUT2D eigenvalue weighted by atomic mass is 9.73. The van der Waals surface area contributed by atoms with Gasteiger partial charge < -0.3 is 10.1 Å². The fourth-order valence-electron chi connectivity index (χ4n) is 3.89. The van der Waals surface area contributed by atoms with Crippen molar-refractivity contribution in [1.29, 1.82) is 0 Å². The quantitative estimate of drug-likeness (QED) is 0.721. The lowest BCUT2D eigenvalue weighted by Crippen LogP contribution is -2.43. The van der Waals surface area contributed by atoms with E-state index in [4.69, 9.17) is 4.74 Å². The van der Waals surface area contributed by atoms with E-state index in [1.165, 1.54) is 12.8 Å². The van der Waals surface area contributed by atoms with Gasteiger partial charge in [-0.15, -0.1) is 0 Å². The van der Waals surface area contributed by atoms with E-state index in [0.29, 0.717) is 11.8 Å². The Bertz CT molecular complexity index is 295. The predicted molar refractivity (Wildman–Crippen MR) is 67.9 cm³/mol. The Morgan fingerprint density at radius 2 is 2.11 bits per heavy atom. The molecule has 2 saturated carbocycles. The van der Waals surface area contributed by atoms with Gasteiger partial charge in [0.15, 0.2) is 0 Å². The largest absolute Gasteiger partial charge is 0.411 e. The first-order valence-corrected chi connectivity index (χ1v) is 7.30. The van der Waals surface area contributed by atoms with Gasteiger partial charge >= 0.3 is 6.18 Å². The summed E-state index contributed by atoms with van der Waals surface area (Å²) < 4.78 is 41.6. The first kappa shape index (κ1) is 15.1. The minimum absolute atomic E-state index is 0.0522. The molecule has 2 fully saturated rings. The van der Waals surface area contributed by atoms with Crippen molar-refractivity contribution in [3.63, 3.8) is 0 Å². The van der Waals surface area contributed by atoms with E-state index in [9.17, 15) is 13.2 Å². The summed E-state index contributed by atoms with van der Waals surface area (Å²) in [6.45, 7) is 2.98. The summed E-state index contributed by atoms with van der Waals surface area (Å²) in [7, 11) is 0. The van der Waals surface area contributed by atoms with Crippen LogP contribution in [0.1, 0.15) is 39.0 Å². The molecule has 5 heteroatoms. The molecule has 0 aromatic heterocycles. The molecule has 3 atom stereocenters. The number of ether oxygens (including phenoxy) is 1. The lowest BCUT2D eigenvalue weighted by Gasteiger charge is -2.38. The van der Waals surface area contributed by atoms with Gasteiger partial charge in [0.2, 0.25) is 0 Å². The number of rotatable bonds is 7. The Morgan fingerprint density at radius 3 is 2.63 bits per heavy atom. The third kappa shape index (κ3) is 3.85. The molecule has 2 rings (SSSR count). The van der Waals surface area contributed by atoms with Crippen LogP contribution in [0, 0.1) is 17.3 Å². The van der Waals surface area contributed by atoms with Gasteiger partial charge in [-0.25, -0.2) is 0 Å². The second kappa shape index (κ2) is 6.00. The van der Waals surface area contributed by atoms with E-state index in [0.717, 1.165) is 32.4 Å². The van der Waals surface area contributed by atoms with Crippen LogP contribution in [0.15, 0.2) is 0 Å². The summed E-state index contributed by atoms with van der Waals surface area (Å²) >= 11 is 0. The molecule has 112 valence electrons. The van der Waals surface area contributed by atoms with Crippen LogP contribution in [0.3, 0.4) is 0 Å². The number of nitrogens with one attached hydrogen (secondary N) is 1. The van der Waals surface area contributed by atoms with E-state index in [1.54, 1.807) is 0 Å². The molecule has 0 amide bonds. The molecule has 0 heterocycles. The minimum atomic E-state index is -4.21. The van der Waals surface area contributed by atoms with Gasteiger partial charge in [0.25, 0.3) is 0 Å². The van der Waals surface area contributed by atoms with Crippen LogP contribution < -0.4 is 5.32 Å². The van der Waals surface area contributed by atoms with E-state index in [-0.39, 0.29) is 12.0 Å². The van der Waals surface area contributed by atoms with Crippen LogP contribution in [-0.2, 0) is 4.74 Å². The third-order valence-electron chi connectivity index (χ3n) is 4.66.